The molecule has 8 heteroatoms. The maximum atomic E-state index is 5.80. The SMILES string of the molecule is COc1cc(C2C=C(CN3CCC(CNCc4ccnc(-c5cc(OC)c(OC)c(OC)c5)c4)CC3)C=CN2)cc(C2CCC2)c1C. The number of nitrogens with zero attached hydrogens (tertiary/aromatic N) is 2. The van der Waals surface area contributed by atoms with Crippen LogP contribution in [-0.2, 0) is 6.54 Å². The number of dihydropyridines is 1. The van der Waals surface area contributed by atoms with Gasteiger partial charge in [-0.05, 0) is 135 Å². The predicted octanol–water partition coefficient (Wildman–Crippen LogP) is 6.95. The van der Waals surface area contributed by atoms with E-state index in [1.165, 1.54) is 59.9 Å². The van der Waals surface area contributed by atoms with E-state index < -0.39 is 0 Å². The molecule has 2 aromatic carbocycles. The zero-order valence-corrected chi connectivity index (χ0v) is 28.6. The highest BCUT2D eigenvalue weighted by molar-refractivity contribution is 5.69. The summed E-state index contributed by atoms with van der Waals surface area (Å²) in [6, 6.07) is 12.9. The second-order valence-corrected chi connectivity index (χ2v) is 13.1. The molecule has 3 heterocycles. The molecule has 1 aromatic heterocycles. The van der Waals surface area contributed by atoms with Crippen molar-refractivity contribution in [3.8, 4) is 34.3 Å². The summed E-state index contributed by atoms with van der Waals surface area (Å²) in [5.41, 5.74) is 8.45. The van der Waals surface area contributed by atoms with Gasteiger partial charge in [0.1, 0.15) is 5.75 Å². The minimum Gasteiger partial charge on any atom is -0.496 e. The van der Waals surface area contributed by atoms with Crippen molar-refractivity contribution in [1.82, 2.24) is 20.5 Å². The Balaban J connectivity index is 0.999. The third-order valence-electron chi connectivity index (χ3n) is 10.2. The number of ether oxygens (including phenoxy) is 4. The molecule has 3 aromatic rings. The van der Waals surface area contributed by atoms with E-state index in [9.17, 15) is 0 Å². The van der Waals surface area contributed by atoms with Crippen molar-refractivity contribution in [2.45, 2.75) is 57.5 Å². The molecule has 0 radical (unpaired) electrons. The number of hydrogen-bond acceptors (Lipinski definition) is 8. The van der Waals surface area contributed by atoms with Crippen LogP contribution in [0.3, 0.4) is 0 Å². The van der Waals surface area contributed by atoms with Crippen LogP contribution in [0.5, 0.6) is 23.0 Å². The lowest BCUT2D eigenvalue weighted by Gasteiger charge is -2.33. The largest absolute Gasteiger partial charge is 0.496 e. The minimum atomic E-state index is 0.174. The fourth-order valence-corrected chi connectivity index (χ4v) is 7.14. The molecular weight excluding hydrogens is 588 g/mol. The van der Waals surface area contributed by atoms with Gasteiger partial charge in [0.2, 0.25) is 5.75 Å². The molecule has 1 unspecified atom stereocenters. The highest BCUT2D eigenvalue weighted by Gasteiger charge is 2.25. The molecule has 6 rings (SSSR count). The predicted molar refractivity (Wildman–Crippen MR) is 188 cm³/mol. The summed E-state index contributed by atoms with van der Waals surface area (Å²) in [4.78, 5) is 7.22. The smallest absolute Gasteiger partial charge is 0.203 e. The molecule has 0 amide bonds. The van der Waals surface area contributed by atoms with Gasteiger partial charge in [0.15, 0.2) is 11.5 Å². The van der Waals surface area contributed by atoms with Gasteiger partial charge in [0.05, 0.1) is 40.2 Å². The Morgan fingerprint density at radius 2 is 1.64 bits per heavy atom. The van der Waals surface area contributed by atoms with Crippen LogP contribution >= 0.6 is 0 Å². The van der Waals surface area contributed by atoms with Crippen LogP contribution in [-0.4, -0.2) is 64.5 Å². The first-order valence-corrected chi connectivity index (χ1v) is 17.0. The van der Waals surface area contributed by atoms with Gasteiger partial charge in [-0.2, -0.15) is 0 Å². The average Bonchev–Trinajstić information content (AvgIpc) is 3.08. The van der Waals surface area contributed by atoms with Gasteiger partial charge in [-0.1, -0.05) is 18.6 Å². The number of likely N-dealkylation sites (tertiary alicyclic amines) is 1. The Labute approximate surface area is 280 Å². The summed E-state index contributed by atoms with van der Waals surface area (Å²) < 4.78 is 22.4. The van der Waals surface area contributed by atoms with Gasteiger partial charge in [-0.3, -0.25) is 9.88 Å². The number of piperidine rings is 1. The van der Waals surface area contributed by atoms with Gasteiger partial charge in [-0.25, -0.2) is 0 Å². The summed E-state index contributed by atoms with van der Waals surface area (Å²) >= 11 is 0. The maximum absolute atomic E-state index is 5.80. The van der Waals surface area contributed by atoms with Gasteiger partial charge in [0, 0.05) is 24.8 Å². The quantitative estimate of drug-likeness (QED) is 0.209. The van der Waals surface area contributed by atoms with Crippen LogP contribution in [0.1, 0.15) is 66.3 Å². The average molecular weight is 639 g/mol. The first-order valence-electron chi connectivity index (χ1n) is 17.0. The molecule has 1 atom stereocenters. The van der Waals surface area contributed by atoms with Gasteiger partial charge in [0.25, 0.3) is 0 Å². The van der Waals surface area contributed by atoms with Crippen molar-refractivity contribution < 1.29 is 18.9 Å². The Kier molecular flexibility index (Phi) is 10.7. The molecule has 2 aliphatic heterocycles. The van der Waals surface area contributed by atoms with Crippen molar-refractivity contribution >= 4 is 0 Å². The minimum absolute atomic E-state index is 0.174. The maximum Gasteiger partial charge on any atom is 0.203 e. The van der Waals surface area contributed by atoms with Crippen molar-refractivity contribution in [3.63, 3.8) is 0 Å². The van der Waals surface area contributed by atoms with Crippen molar-refractivity contribution in [2.24, 2.45) is 5.92 Å². The zero-order chi connectivity index (χ0) is 32.8. The first-order chi connectivity index (χ1) is 23.0. The summed E-state index contributed by atoms with van der Waals surface area (Å²) in [5, 5.41) is 7.30. The van der Waals surface area contributed by atoms with E-state index >= 15 is 0 Å². The molecule has 0 spiro atoms. The number of benzene rings is 2. The molecular formula is C39H50N4O4. The van der Waals surface area contributed by atoms with Crippen LogP contribution in [0.25, 0.3) is 11.3 Å². The number of aromatic nitrogens is 1. The van der Waals surface area contributed by atoms with E-state index in [0.717, 1.165) is 49.7 Å². The third-order valence-corrected chi connectivity index (χ3v) is 10.2. The van der Waals surface area contributed by atoms with E-state index in [4.69, 9.17) is 18.9 Å². The number of hydrogen-bond donors (Lipinski definition) is 2. The van der Waals surface area contributed by atoms with E-state index in [2.05, 4.69) is 70.1 Å². The van der Waals surface area contributed by atoms with Crippen LogP contribution in [0.4, 0.5) is 0 Å². The second-order valence-electron chi connectivity index (χ2n) is 13.1. The summed E-state index contributed by atoms with van der Waals surface area (Å²) in [6.45, 7) is 7.27. The van der Waals surface area contributed by atoms with Crippen LogP contribution < -0.4 is 29.6 Å². The summed E-state index contributed by atoms with van der Waals surface area (Å²) in [7, 11) is 6.67. The molecule has 1 saturated carbocycles. The molecule has 3 aliphatic rings. The van der Waals surface area contributed by atoms with Crippen molar-refractivity contribution in [1.29, 1.82) is 0 Å². The van der Waals surface area contributed by atoms with E-state index in [1.807, 2.05) is 18.3 Å². The number of nitrogens with one attached hydrogen (secondary N) is 2. The summed E-state index contributed by atoms with van der Waals surface area (Å²) in [5.74, 6) is 4.19. The zero-order valence-electron chi connectivity index (χ0n) is 28.6. The number of pyridine rings is 1. The van der Waals surface area contributed by atoms with Crippen LogP contribution in [0, 0.1) is 12.8 Å². The Bertz CT molecular complexity index is 1560. The molecule has 0 bridgehead atoms. The number of methoxy groups -OCH3 is 4. The third kappa shape index (κ3) is 7.60. The second kappa shape index (κ2) is 15.3. The molecule has 2 N–H and O–H groups in total. The highest BCUT2D eigenvalue weighted by atomic mass is 16.5. The first kappa shape index (κ1) is 32.9. The topological polar surface area (TPSA) is 77.1 Å². The Hall–Kier alpha value is -4.01. The van der Waals surface area contributed by atoms with E-state index in [-0.39, 0.29) is 6.04 Å². The van der Waals surface area contributed by atoms with E-state index in [1.54, 1.807) is 28.4 Å². The molecule has 1 saturated heterocycles. The summed E-state index contributed by atoms with van der Waals surface area (Å²) in [6.07, 6.45) is 15.0. The highest BCUT2D eigenvalue weighted by Crippen LogP contribution is 2.42. The fraction of sp³-hybridized carbons (Fsp3) is 0.462. The standard InChI is InChI=1S/C39H50N4O4/c1-26-33(30-7-6-8-30)19-31(20-36(26)44-2)35-18-29(10-14-42-35)25-43-15-11-27(12-16-43)23-40-24-28-9-13-41-34(17-28)32-21-37(45-3)39(47-5)38(22-32)46-4/h9-10,13-14,17-22,27,30,35,40,42H,6-8,11-12,15-16,23-25H2,1-5H3. The van der Waals surface area contributed by atoms with Gasteiger partial charge >= 0.3 is 0 Å². The Morgan fingerprint density at radius 1 is 0.894 bits per heavy atom. The van der Waals surface area contributed by atoms with Gasteiger partial charge in [-0.15, -0.1) is 0 Å². The number of rotatable bonds is 13. The molecule has 2 fully saturated rings. The molecule has 8 nitrogen and oxygen atoms in total. The Morgan fingerprint density at radius 3 is 2.30 bits per heavy atom. The monoisotopic (exact) mass is 638 g/mol. The van der Waals surface area contributed by atoms with Crippen molar-refractivity contribution in [2.75, 3.05) is 54.6 Å². The lowest BCUT2D eigenvalue weighted by Crippen LogP contribution is -2.38. The lowest BCUT2D eigenvalue weighted by molar-refractivity contribution is 0.195. The normalized spacial score (nSPS) is 18.7. The van der Waals surface area contributed by atoms with Crippen LogP contribution in [0.15, 0.2) is 66.5 Å². The van der Waals surface area contributed by atoms with E-state index in [0.29, 0.717) is 29.1 Å². The molecule has 1 aliphatic carbocycles. The molecule has 250 valence electrons. The van der Waals surface area contributed by atoms with Crippen molar-refractivity contribution in [3.05, 3.63) is 88.8 Å². The fourth-order valence-electron chi connectivity index (χ4n) is 7.14. The van der Waals surface area contributed by atoms with Gasteiger partial charge < -0.3 is 29.6 Å². The molecule has 47 heavy (non-hydrogen) atoms. The lowest BCUT2D eigenvalue weighted by atomic mass is 9.77. The van der Waals surface area contributed by atoms with Crippen LogP contribution in [0.2, 0.25) is 0 Å².